The van der Waals surface area contributed by atoms with Gasteiger partial charge in [0.1, 0.15) is 23.0 Å². The number of hydrogen-bond acceptors (Lipinski definition) is 6. The zero-order valence-corrected chi connectivity index (χ0v) is 63.8. The van der Waals surface area contributed by atoms with Crippen LogP contribution in [0, 0.1) is 0 Å². The molecule has 8 bridgehead atoms. The Morgan fingerprint density at radius 3 is 0.600 bits per heavy atom. The minimum absolute atomic E-state index is 0.701. The Bertz CT molecular complexity index is 3340. The van der Waals surface area contributed by atoms with Crippen LogP contribution in [0.15, 0.2) is 121 Å². The molecule has 3 aromatic heterocycles. The summed E-state index contributed by atoms with van der Waals surface area (Å²) in [5, 5.41) is 0. The Morgan fingerprint density at radius 2 is 0.410 bits per heavy atom. The number of aromatic nitrogens is 4. The van der Waals surface area contributed by atoms with Crippen LogP contribution >= 0.6 is 0 Å². The Balaban J connectivity index is 1.06. The van der Waals surface area contributed by atoms with Gasteiger partial charge >= 0.3 is 0 Å². The first kappa shape index (κ1) is 76.7. The van der Waals surface area contributed by atoms with Crippen LogP contribution < -0.4 is 18.9 Å². The smallest absolute Gasteiger partial charge is 0.119 e. The van der Waals surface area contributed by atoms with E-state index in [1.54, 1.807) is 0 Å². The van der Waals surface area contributed by atoms with Crippen LogP contribution in [0.1, 0.15) is 177 Å². The first-order chi connectivity index (χ1) is 48.1. The van der Waals surface area contributed by atoms with E-state index < -0.39 is 0 Å². The third-order valence-electron chi connectivity index (χ3n) is 19.3. The molecule has 0 saturated carbocycles. The van der Waals surface area contributed by atoms with E-state index in [4.69, 9.17) is 28.9 Å². The fourth-order valence-electron chi connectivity index (χ4n) is 13.6. The monoisotopic (exact) mass is 1360 g/mol. The highest BCUT2D eigenvalue weighted by atomic mass is 16.5. The Morgan fingerprint density at radius 1 is 0.230 bits per heavy atom. The van der Waals surface area contributed by atoms with Crippen LogP contribution in [0.25, 0.3) is 90.9 Å². The van der Waals surface area contributed by atoms with Crippen LogP contribution in [-0.2, 0) is 0 Å². The number of rotatable bonds is 44. The number of quaternary nitrogens is 4. The van der Waals surface area contributed by atoms with Gasteiger partial charge in [0.2, 0.25) is 0 Å². The number of nitrogens with one attached hydrogen (secondary N) is 2. The van der Waals surface area contributed by atoms with Crippen LogP contribution in [0.3, 0.4) is 0 Å². The van der Waals surface area contributed by atoms with Crippen molar-refractivity contribution in [2.75, 3.05) is 137 Å². The molecule has 0 radical (unpaired) electrons. The molecule has 12 heteroatoms. The average molecular weight is 1360 g/mol. The molecule has 7 aromatic rings. The summed E-state index contributed by atoms with van der Waals surface area (Å²) in [7, 11) is 27.4. The third-order valence-corrected chi connectivity index (χ3v) is 19.3. The van der Waals surface area contributed by atoms with Crippen molar-refractivity contribution in [1.82, 2.24) is 19.9 Å². The number of unbranched alkanes of at least 4 members (excludes halogenated alkanes) is 20. The van der Waals surface area contributed by atoms with Crippen molar-refractivity contribution in [3.8, 4) is 67.5 Å². The van der Waals surface area contributed by atoms with E-state index in [2.05, 4.69) is 240 Å². The van der Waals surface area contributed by atoms with E-state index in [1.165, 1.54) is 155 Å². The Hall–Kier alpha value is -7.48. The van der Waals surface area contributed by atoms with Crippen molar-refractivity contribution in [3.05, 3.63) is 144 Å². The molecule has 100 heavy (non-hydrogen) atoms. The van der Waals surface area contributed by atoms with E-state index in [0.717, 1.165) is 156 Å². The third kappa shape index (κ3) is 25.5. The van der Waals surface area contributed by atoms with Gasteiger partial charge in [0.25, 0.3) is 0 Å². The highest BCUT2D eigenvalue weighted by molar-refractivity contribution is 6.00. The van der Waals surface area contributed by atoms with Gasteiger partial charge in [-0.15, -0.1) is 0 Å². The van der Waals surface area contributed by atoms with Gasteiger partial charge < -0.3 is 46.8 Å². The van der Waals surface area contributed by atoms with Gasteiger partial charge in [0, 0.05) is 44.3 Å². The number of H-pyrrole nitrogens is 2. The number of ether oxygens (including phenoxy) is 4. The van der Waals surface area contributed by atoms with Crippen molar-refractivity contribution in [1.29, 1.82) is 0 Å². The lowest BCUT2D eigenvalue weighted by Crippen LogP contribution is -2.35. The predicted octanol–water partition coefficient (Wildman–Crippen LogP) is 21.0. The second-order valence-electron chi connectivity index (χ2n) is 32.5. The van der Waals surface area contributed by atoms with Gasteiger partial charge in [0.15, 0.2) is 0 Å². The lowest BCUT2D eigenvalue weighted by atomic mass is 10.0. The van der Waals surface area contributed by atoms with E-state index in [-0.39, 0.29) is 0 Å². The molecular formula is C88H126N8O4+4. The van der Waals surface area contributed by atoms with Crippen LogP contribution in [0.2, 0.25) is 0 Å². The van der Waals surface area contributed by atoms with E-state index in [0.29, 0.717) is 26.4 Å². The summed E-state index contributed by atoms with van der Waals surface area (Å²) < 4.78 is 29.8. The maximum absolute atomic E-state index is 6.42. The zero-order chi connectivity index (χ0) is 70.8. The number of hydrogen-bond donors (Lipinski definition) is 2. The van der Waals surface area contributed by atoms with Crippen molar-refractivity contribution in [2.45, 2.75) is 154 Å². The summed E-state index contributed by atoms with van der Waals surface area (Å²) >= 11 is 0. The maximum Gasteiger partial charge on any atom is 0.119 e. The molecule has 0 unspecified atom stereocenters. The Labute approximate surface area is 602 Å². The molecule has 538 valence electrons. The maximum atomic E-state index is 6.42. The molecule has 0 aliphatic carbocycles. The van der Waals surface area contributed by atoms with Crippen LogP contribution in [-0.4, -0.2) is 175 Å². The molecule has 12 nitrogen and oxygen atoms in total. The van der Waals surface area contributed by atoms with E-state index >= 15 is 0 Å². The predicted molar refractivity (Wildman–Crippen MR) is 425 cm³/mol. The number of aromatic amines is 2. The molecule has 0 amide bonds. The summed E-state index contributed by atoms with van der Waals surface area (Å²) in [5.41, 5.74) is 15.4. The fraction of sp³-hybridized carbons (Fsp3) is 0.500. The largest absolute Gasteiger partial charge is 0.494 e. The van der Waals surface area contributed by atoms with Gasteiger partial charge in [-0.2, -0.15) is 0 Å². The summed E-state index contributed by atoms with van der Waals surface area (Å²) in [6.45, 7) is 7.71. The van der Waals surface area contributed by atoms with E-state index in [9.17, 15) is 0 Å². The molecule has 2 aliphatic rings. The zero-order valence-electron chi connectivity index (χ0n) is 63.8. The van der Waals surface area contributed by atoms with Crippen molar-refractivity contribution < 1.29 is 36.9 Å². The molecule has 2 N–H and O–H groups in total. The molecule has 9 rings (SSSR count). The molecule has 0 saturated heterocycles. The summed E-state index contributed by atoms with van der Waals surface area (Å²) in [4.78, 5) is 19.3. The fourth-order valence-corrected chi connectivity index (χ4v) is 13.6. The van der Waals surface area contributed by atoms with Gasteiger partial charge in [-0.1, -0.05) is 126 Å². The highest BCUT2D eigenvalue weighted by Crippen LogP contribution is 2.40. The van der Waals surface area contributed by atoms with E-state index in [1.807, 2.05) is 0 Å². The second-order valence-corrected chi connectivity index (χ2v) is 32.5. The lowest BCUT2D eigenvalue weighted by Gasteiger charge is -2.23. The SMILES string of the molecule is C[N+](C)(C)CCCCCCCCOc1ccc(-c2c3nc(c(-c4ccc(OCCCCCCCC[N+](C)(C)C)cc4)c4ccc([nH]4)c(-c4ccc(OCCCCCCCC[N+](C)(C)C)cc4)c4nc(c(-c5ccc(OCCCCCCCC[N+](C)(C)C)cc5)c5ccc2[nH]5)C=C4)C=C3)cc1. The van der Waals surface area contributed by atoms with Gasteiger partial charge in [0.05, 0.1) is 160 Å². The minimum Gasteiger partial charge on any atom is -0.494 e. The lowest BCUT2D eigenvalue weighted by molar-refractivity contribution is -0.870. The second kappa shape index (κ2) is 38.0. The molecule has 0 spiro atoms. The normalized spacial score (nSPS) is 12.6. The highest BCUT2D eigenvalue weighted by Gasteiger charge is 2.21. The Kier molecular flexibility index (Phi) is 29.1. The van der Waals surface area contributed by atoms with Gasteiger partial charge in [-0.3, -0.25) is 0 Å². The average Bonchev–Trinajstić information content (AvgIpc) is 1.61. The van der Waals surface area contributed by atoms with Crippen LogP contribution in [0.5, 0.6) is 23.0 Å². The summed E-state index contributed by atoms with van der Waals surface area (Å²) in [6.07, 6.45) is 38.0. The van der Waals surface area contributed by atoms with Crippen LogP contribution in [0.4, 0.5) is 0 Å². The molecule has 5 heterocycles. The molecular weight excluding hydrogens is 1230 g/mol. The first-order valence-corrected chi connectivity index (χ1v) is 38.4. The quantitative estimate of drug-likeness (QED) is 0.0292. The van der Waals surface area contributed by atoms with Gasteiger partial charge in [-0.05, 0) is 196 Å². The molecule has 0 fully saturated rings. The first-order valence-electron chi connectivity index (χ1n) is 38.4. The van der Waals surface area contributed by atoms with Gasteiger partial charge in [-0.25, -0.2) is 9.97 Å². The number of benzene rings is 4. The molecule has 2 aliphatic heterocycles. The molecule has 0 atom stereocenters. The van der Waals surface area contributed by atoms with Crippen molar-refractivity contribution >= 4 is 46.4 Å². The van der Waals surface area contributed by atoms with Crippen molar-refractivity contribution in [3.63, 3.8) is 0 Å². The number of nitrogens with zero attached hydrogens (tertiary/aromatic N) is 6. The molecule has 4 aromatic carbocycles. The number of fused-ring (bicyclic) bond motifs is 8. The topological polar surface area (TPSA) is 94.3 Å². The summed E-state index contributed by atoms with van der Waals surface area (Å²) in [5.74, 6) is 3.49. The minimum atomic E-state index is 0.701. The standard InChI is InChI=1S/C88H126N8O4/c1-93(2,3)61-29-21-13-17-25-33-65-97-73-45-37-69(38-46-73)85-77-53-55-79(89-77)86(70-39-47-74(48-40-70)98-66-34-26-18-14-22-30-62-94(4,5)6)81-57-59-83(91-81)88(72-43-51-76(52-44-72)100-68-36-28-20-16-24-32-64-96(10,11)12)84-60-58-82(92-84)87(80-56-54-78(85)90-80)71-41-49-75(50-42-71)99-67-35-27-19-15-23-31-63-95(7,8)9/h37-60,89,92H,13-36,61-68H2,1-12H3/q+4. The van der Waals surface area contributed by atoms with Crippen molar-refractivity contribution in [2.24, 2.45) is 0 Å². The summed E-state index contributed by atoms with van der Waals surface area (Å²) in [6, 6.07) is 43.3.